The molecule has 0 saturated heterocycles. The van der Waals surface area contributed by atoms with E-state index in [0.29, 0.717) is 29.2 Å². The first-order valence-electron chi connectivity index (χ1n) is 8.38. The Balaban J connectivity index is 2.23. The second-order valence-corrected chi connectivity index (χ2v) is 7.95. The van der Waals surface area contributed by atoms with Gasteiger partial charge in [-0.25, -0.2) is 8.42 Å². The fourth-order valence-electron chi connectivity index (χ4n) is 2.59. The number of sulfonamides is 1. The van der Waals surface area contributed by atoms with Crippen LogP contribution in [0.3, 0.4) is 0 Å². The Hall–Kier alpha value is -2.54. The minimum absolute atomic E-state index is 0.0240. The fourth-order valence-corrected chi connectivity index (χ4v) is 3.74. The average Bonchev–Trinajstić information content (AvgIpc) is 2.63. The number of anilines is 2. The molecule has 6 nitrogen and oxygen atoms in total. The van der Waals surface area contributed by atoms with Crippen LogP contribution in [-0.4, -0.2) is 33.7 Å². The van der Waals surface area contributed by atoms with Crippen LogP contribution in [0.1, 0.15) is 29.8 Å². The summed E-state index contributed by atoms with van der Waals surface area (Å²) in [6.45, 7) is 5.65. The molecule has 0 unspecified atom stereocenters. The number of nitrogens with one attached hydrogen (secondary N) is 1. The number of carbonyl (C=O) groups is 1. The first-order chi connectivity index (χ1) is 12.3. The van der Waals surface area contributed by atoms with Crippen molar-refractivity contribution in [3.05, 3.63) is 53.6 Å². The molecule has 2 aromatic carbocycles. The molecule has 0 saturated carbocycles. The van der Waals surface area contributed by atoms with E-state index in [4.69, 9.17) is 4.74 Å². The van der Waals surface area contributed by atoms with Crippen LogP contribution in [0, 0.1) is 6.92 Å². The molecular weight excluding hydrogens is 352 g/mol. The van der Waals surface area contributed by atoms with Gasteiger partial charge in [0.05, 0.1) is 24.2 Å². The van der Waals surface area contributed by atoms with E-state index in [1.54, 1.807) is 51.3 Å². The fraction of sp³-hybridized carbons (Fsp3) is 0.316. The summed E-state index contributed by atoms with van der Waals surface area (Å²) >= 11 is 0. The molecule has 0 fully saturated rings. The predicted octanol–water partition coefficient (Wildman–Crippen LogP) is 3.43. The zero-order valence-corrected chi connectivity index (χ0v) is 16.3. The highest BCUT2D eigenvalue weighted by Crippen LogP contribution is 2.26. The molecule has 0 aromatic heterocycles. The summed E-state index contributed by atoms with van der Waals surface area (Å²) in [4.78, 5) is 12.5. The number of hydrogen-bond donors (Lipinski definition) is 1. The summed E-state index contributed by atoms with van der Waals surface area (Å²) in [5.74, 6) is 0.310. The van der Waals surface area contributed by atoms with Gasteiger partial charge in [-0.3, -0.25) is 9.10 Å². The average molecular weight is 376 g/mol. The minimum Gasteiger partial charge on any atom is -0.495 e. The number of ether oxygens (including phenoxy) is 1. The highest BCUT2D eigenvalue weighted by molar-refractivity contribution is 7.92. The van der Waals surface area contributed by atoms with Gasteiger partial charge in [-0.1, -0.05) is 6.07 Å². The number of carbonyl (C=O) groups excluding carboxylic acids is 1. The van der Waals surface area contributed by atoms with Crippen LogP contribution < -0.4 is 14.4 Å². The lowest BCUT2D eigenvalue weighted by atomic mass is 10.1. The molecule has 0 heterocycles. The molecule has 0 aliphatic rings. The zero-order chi connectivity index (χ0) is 19.3. The number of nitrogens with zero attached hydrogens (tertiary/aromatic N) is 1. The Morgan fingerprint density at radius 1 is 1.12 bits per heavy atom. The molecule has 0 aliphatic carbocycles. The number of benzene rings is 2. The molecule has 1 amide bonds. The highest BCUT2D eigenvalue weighted by atomic mass is 32.2. The normalized spacial score (nSPS) is 11.1. The summed E-state index contributed by atoms with van der Waals surface area (Å²) in [6.07, 6.45) is 0. The van der Waals surface area contributed by atoms with Gasteiger partial charge in [-0.05, 0) is 62.7 Å². The number of methoxy groups -OCH3 is 1. The van der Waals surface area contributed by atoms with Crippen LogP contribution in [0.4, 0.5) is 11.4 Å². The summed E-state index contributed by atoms with van der Waals surface area (Å²) in [5.41, 5.74) is 2.56. The minimum atomic E-state index is -3.34. The third-order valence-electron chi connectivity index (χ3n) is 4.01. The van der Waals surface area contributed by atoms with Gasteiger partial charge in [0, 0.05) is 12.1 Å². The summed E-state index contributed by atoms with van der Waals surface area (Å²) in [6, 6.07) is 12.0. The molecular formula is C19H24N2O4S. The lowest BCUT2D eigenvalue weighted by molar-refractivity contribution is 0.102. The first kappa shape index (κ1) is 19.8. The summed E-state index contributed by atoms with van der Waals surface area (Å²) in [7, 11) is -1.80. The van der Waals surface area contributed by atoms with E-state index < -0.39 is 10.0 Å². The molecule has 0 atom stereocenters. The Labute approximate surface area is 154 Å². The maximum Gasteiger partial charge on any atom is 0.255 e. The number of amides is 1. The van der Waals surface area contributed by atoms with Crippen LogP contribution in [-0.2, 0) is 10.0 Å². The smallest absolute Gasteiger partial charge is 0.255 e. The van der Waals surface area contributed by atoms with E-state index in [-0.39, 0.29) is 11.7 Å². The standard InChI is InChI=1S/C19H24N2O4S/c1-5-21(26(23,24)6-2)16-10-8-15(9-11-16)19(22)20-17-13-14(3)7-12-18(17)25-4/h7-13H,5-6H2,1-4H3,(H,20,22). The van der Waals surface area contributed by atoms with Gasteiger partial charge >= 0.3 is 0 Å². The molecule has 0 spiro atoms. The molecule has 0 bridgehead atoms. The SMILES string of the molecule is CCN(c1ccc(C(=O)Nc2cc(C)ccc2OC)cc1)S(=O)(=O)CC. The van der Waals surface area contributed by atoms with E-state index in [1.165, 1.54) is 4.31 Å². The van der Waals surface area contributed by atoms with E-state index >= 15 is 0 Å². The van der Waals surface area contributed by atoms with Gasteiger partial charge in [-0.15, -0.1) is 0 Å². The maximum absolute atomic E-state index is 12.5. The zero-order valence-electron chi connectivity index (χ0n) is 15.4. The third-order valence-corrected chi connectivity index (χ3v) is 5.88. The number of aryl methyl sites for hydroxylation is 1. The maximum atomic E-state index is 12.5. The Bertz CT molecular complexity index is 877. The quantitative estimate of drug-likeness (QED) is 0.803. The monoisotopic (exact) mass is 376 g/mol. The van der Waals surface area contributed by atoms with Crippen molar-refractivity contribution in [3.63, 3.8) is 0 Å². The number of rotatable bonds is 7. The van der Waals surface area contributed by atoms with Crippen molar-refractivity contribution >= 4 is 27.3 Å². The van der Waals surface area contributed by atoms with E-state index in [0.717, 1.165) is 5.56 Å². The van der Waals surface area contributed by atoms with Crippen molar-refractivity contribution < 1.29 is 17.9 Å². The molecule has 26 heavy (non-hydrogen) atoms. The van der Waals surface area contributed by atoms with Crippen molar-refractivity contribution in [2.24, 2.45) is 0 Å². The van der Waals surface area contributed by atoms with Gasteiger partial charge in [0.1, 0.15) is 5.75 Å². The Kier molecular flexibility index (Phi) is 6.26. The van der Waals surface area contributed by atoms with Crippen LogP contribution in [0.2, 0.25) is 0 Å². The van der Waals surface area contributed by atoms with Crippen LogP contribution in [0.15, 0.2) is 42.5 Å². The molecule has 0 radical (unpaired) electrons. The van der Waals surface area contributed by atoms with E-state index in [1.807, 2.05) is 19.1 Å². The molecule has 0 aliphatic heterocycles. The number of hydrogen-bond acceptors (Lipinski definition) is 4. The van der Waals surface area contributed by atoms with Gasteiger partial charge in [-0.2, -0.15) is 0 Å². The summed E-state index contributed by atoms with van der Waals surface area (Å²) in [5, 5.41) is 2.83. The largest absolute Gasteiger partial charge is 0.495 e. The highest BCUT2D eigenvalue weighted by Gasteiger charge is 2.19. The van der Waals surface area contributed by atoms with Crippen molar-refractivity contribution in [2.75, 3.05) is 29.0 Å². The van der Waals surface area contributed by atoms with Crippen molar-refractivity contribution in [1.29, 1.82) is 0 Å². The van der Waals surface area contributed by atoms with Crippen LogP contribution in [0.5, 0.6) is 5.75 Å². The second-order valence-electron chi connectivity index (χ2n) is 5.77. The summed E-state index contributed by atoms with van der Waals surface area (Å²) < 4.78 is 30.8. The molecule has 7 heteroatoms. The Morgan fingerprint density at radius 3 is 2.31 bits per heavy atom. The van der Waals surface area contributed by atoms with Crippen molar-refractivity contribution in [3.8, 4) is 5.75 Å². The predicted molar refractivity (Wildman–Crippen MR) is 105 cm³/mol. The van der Waals surface area contributed by atoms with Gasteiger partial charge < -0.3 is 10.1 Å². The lowest BCUT2D eigenvalue weighted by Crippen LogP contribution is -2.32. The van der Waals surface area contributed by atoms with Gasteiger partial charge in [0.2, 0.25) is 10.0 Å². The Morgan fingerprint density at radius 2 is 1.77 bits per heavy atom. The van der Waals surface area contributed by atoms with Crippen molar-refractivity contribution in [1.82, 2.24) is 0 Å². The van der Waals surface area contributed by atoms with Crippen LogP contribution >= 0.6 is 0 Å². The topological polar surface area (TPSA) is 75.7 Å². The molecule has 2 aromatic rings. The molecule has 140 valence electrons. The van der Waals surface area contributed by atoms with E-state index in [9.17, 15) is 13.2 Å². The van der Waals surface area contributed by atoms with Gasteiger partial charge in [0.25, 0.3) is 5.91 Å². The lowest BCUT2D eigenvalue weighted by Gasteiger charge is -2.22. The third kappa shape index (κ3) is 4.35. The van der Waals surface area contributed by atoms with E-state index in [2.05, 4.69) is 5.32 Å². The van der Waals surface area contributed by atoms with Crippen molar-refractivity contribution in [2.45, 2.75) is 20.8 Å². The molecule has 1 N–H and O–H groups in total. The second kappa shape index (κ2) is 8.23. The first-order valence-corrected chi connectivity index (χ1v) is 9.99. The van der Waals surface area contributed by atoms with Gasteiger partial charge in [0.15, 0.2) is 0 Å². The van der Waals surface area contributed by atoms with Crippen LogP contribution in [0.25, 0.3) is 0 Å². The molecule has 2 rings (SSSR count).